The van der Waals surface area contributed by atoms with Gasteiger partial charge < -0.3 is 63.2 Å². The predicted octanol–water partition coefficient (Wildman–Crippen LogP) is 9.18. The van der Waals surface area contributed by atoms with Crippen LogP contribution in [0.25, 0.3) is 0 Å². The molecule has 4 aliphatic rings. The van der Waals surface area contributed by atoms with Gasteiger partial charge in [-0.2, -0.15) is 0 Å². The van der Waals surface area contributed by atoms with Crippen LogP contribution in [0.5, 0.6) is 0 Å². The fourth-order valence-electron chi connectivity index (χ4n) is 12.0. The molecule has 2 saturated heterocycles. The van der Waals surface area contributed by atoms with Crippen molar-refractivity contribution in [3.63, 3.8) is 0 Å². The average molecular weight is 1230 g/mol. The molecule has 16 atom stereocenters. The van der Waals surface area contributed by atoms with Crippen molar-refractivity contribution in [2.75, 3.05) is 35.0 Å². The number of alkyl carbamates (subject to hydrolysis) is 1. The first-order valence-electron chi connectivity index (χ1n) is 31.2. The summed E-state index contributed by atoms with van der Waals surface area (Å²) < 4.78 is 47.2. The molecular formula is C66H105N3O18. The van der Waals surface area contributed by atoms with Gasteiger partial charge in [0.15, 0.2) is 5.78 Å². The van der Waals surface area contributed by atoms with E-state index in [0.717, 1.165) is 5.57 Å². The average Bonchev–Trinajstić information content (AvgIpc) is 1.24. The van der Waals surface area contributed by atoms with Gasteiger partial charge in [-0.05, 0) is 155 Å². The highest BCUT2D eigenvalue weighted by atomic mass is 16.6. The number of rotatable bonds is 13. The number of hydrogen-bond acceptors (Lipinski definition) is 19. The maximum atomic E-state index is 14.9. The number of nitrogens with zero attached hydrogens (tertiary/aromatic N) is 2. The van der Waals surface area contributed by atoms with Crippen LogP contribution in [0, 0.1) is 35.5 Å². The number of ether oxygens (including phenoxy) is 8. The van der Waals surface area contributed by atoms with Crippen LogP contribution in [-0.4, -0.2) is 169 Å². The normalized spacial score (nSPS) is 34.1. The van der Waals surface area contributed by atoms with E-state index in [1.54, 1.807) is 68.6 Å². The molecule has 0 aromatic carbocycles. The van der Waals surface area contributed by atoms with Gasteiger partial charge in [0.1, 0.15) is 54.8 Å². The second-order valence-electron chi connectivity index (χ2n) is 26.6. The minimum Gasteiger partial charge on any atom is -0.460 e. The van der Waals surface area contributed by atoms with Crippen LogP contribution in [0.1, 0.15) is 180 Å². The van der Waals surface area contributed by atoms with E-state index in [9.17, 15) is 43.8 Å². The number of esters is 3. The summed E-state index contributed by atoms with van der Waals surface area (Å²) in [5.41, 5.74) is 0.0338. The van der Waals surface area contributed by atoms with E-state index in [4.69, 9.17) is 42.7 Å². The Labute approximate surface area is 517 Å². The smallest absolute Gasteiger partial charge is 0.408 e. The van der Waals surface area contributed by atoms with Gasteiger partial charge in [0.25, 0.3) is 11.7 Å². The number of ketones is 2. The number of oxime groups is 1. The highest BCUT2D eigenvalue weighted by molar-refractivity contribution is 6.39. The van der Waals surface area contributed by atoms with Crippen LogP contribution in [-0.2, 0) is 71.5 Å². The minimum atomic E-state index is -2.48. The summed E-state index contributed by atoms with van der Waals surface area (Å²) in [6, 6.07) is -2.38. The number of cyclic esters (lactones) is 1. The van der Waals surface area contributed by atoms with Crippen LogP contribution in [0.4, 0.5) is 4.79 Å². The Hall–Kier alpha value is -5.32. The molecule has 87 heavy (non-hydrogen) atoms. The number of carbonyl (C=O) groups excluding carboxylic acids is 7. The molecule has 2 amide bonds. The topological polar surface area (TPSA) is 271 Å². The molecule has 0 spiro atoms. The number of methoxy groups -OCH3 is 3. The van der Waals surface area contributed by atoms with E-state index in [-0.39, 0.29) is 56.3 Å². The molecule has 3 heterocycles. The third kappa shape index (κ3) is 22.6. The number of aliphatic hydroxyl groups is 2. The lowest BCUT2D eigenvalue weighted by atomic mass is 9.78. The van der Waals surface area contributed by atoms with Crippen LogP contribution < -0.4 is 5.32 Å². The monoisotopic (exact) mass is 1230 g/mol. The van der Waals surface area contributed by atoms with E-state index in [1.165, 1.54) is 26.2 Å². The Bertz CT molecular complexity index is 2470. The highest BCUT2D eigenvalue weighted by Gasteiger charge is 2.53. The van der Waals surface area contributed by atoms with Gasteiger partial charge >= 0.3 is 24.0 Å². The maximum absolute atomic E-state index is 14.9. The minimum absolute atomic E-state index is 0.00642. The summed E-state index contributed by atoms with van der Waals surface area (Å²) in [4.78, 5) is 104. The number of allylic oxidation sites excluding steroid dienone is 6. The quantitative estimate of drug-likeness (QED) is 0.0510. The molecule has 4 rings (SSSR count). The molecule has 1 aliphatic carbocycles. The Balaban J connectivity index is 1.67. The van der Waals surface area contributed by atoms with Crippen LogP contribution in [0.3, 0.4) is 0 Å². The zero-order chi connectivity index (χ0) is 65.1. The lowest BCUT2D eigenvalue weighted by Gasteiger charge is -2.42. The third-order valence-electron chi connectivity index (χ3n) is 17.0. The number of fused-ring (bicyclic) bond motifs is 3. The van der Waals surface area contributed by atoms with Gasteiger partial charge in [-0.15, -0.1) is 0 Å². The number of piperidine rings is 1. The van der Waals surface area contributed by atoms with Gasteiger partial charge in [-0.1, -0.05) is 76.2 Å². The molecule has 0 unspecified atom stereocenters. The standard InChI is InChI=1S/C66H105N3O18/c1-39-23-19-18-20-24-40(2)52(79-14)37-47-28-26-45(7)66(78,85-47)59(73)60(74)69-32-22-21-25-50(69)62(76)84-53(38-49(68-82-17)41(3)34-44(6)57(72)58(81-16)56(71)43(5)33-39)42(4)35-46-27-30-51(54(36-46)80-15)83-55(70)31-29-48(61(75)86-64(8,9)10)67-63(77)87-65(11,12)13/h18-20,23-24,34,39,41-43,45-48,50-54,57-58,72,78H,21-22,25-33,35-38H2,1-17H3,(H,67,77)/b20-18+,23-19+,40-24+,44-34+,68-49+/t39-,41-,42-,43-,45-,46+,47+,48+,50+,51-,52+,53+,54-,57-,58+,66-/m1/s1. The van der Waals surface area contributed by atoms with Gasteiger partial charge in [0.05, 0.1) is 24.0 Å². The number of nitrogens with one attached hydrogen (secondary N) is 1. The van der Waals surface area contributed by atoms with Crippen molar-refractivity contribution >= 4 is 47.2 Å². The second-order valence-corrected chi connectivity index (χ2v) is 26.6. The zero-order valence-corrected chi connectivity index (χ0v) is 55.1. The van der Waals surface area contributed by atoms with E-state index >= 15 is 0 Å². The van der Waals surface area contributed by atoms with Crippen LogP contribution in [0.2, 0.25) is 0 Å². The molecule has 0 radical (unpaired) electrons. The maximum Gasteiger partial charge on any atom is 0.408 e. The largest absolute Gasteiger partial charge is 0.460 e. The molecule has 0 aromatic rings. The van der Waals surface area contributed by atoms with Gasteiger partial charge in [0.2, 0.25) is 5.79 Å². The van der Waals surface area contributed by atoms with Crippen molar-refractivity contribution in [1.29, 1.82) is 0 Å². The van der Waals surface area contributed by atoms with E-state index in [2.05, 4.69) is 10.5 Å². The first-order valence-corrected chi connectivity index (χ1v) is 31.2. The van der Waals surface area contributed by atoms with E-state index in [0.29, 0.717) is 69.1 Å². The van der Waals surface area contributed by atoms with Gasteiger partial charge in [-0.25, -0.2) is 14.4 Å². The number of aliphatic hydroxyl groups excluding tert-OH is 1. The molecule has 3 aliphatic heterocycles. The Morgan fingerprint density at radius 3 is 2.15 bits per heavy atom. The fourth-order valence-corrected chi connectivity index (χ4v) is 12.0. The van der Waals surface area contributed by atoms with Crippen molar-refractivity contribution < 1.29 is 86.5 Å². The summed E-state index contributed by atoms with van der Waals surface area (Å²) in [7, 11) is 5.89. The molecule has 21 heteroatoms. The van der Waals surface area contributed by atoms with Crippen molar-refractivity contribution in [2.45, 2.75) is 252 Å². The molecule has 0 aromatic heterocycles. The molecular weight excluding hydrogens is 1120 g/mol. The molecule has 1 saturated carbocycles. The Morgan fingerprint density at radius 1 is 0.828 bits per heavy atom. The molecule has 21 nitrogen and oxygen atoms in total. The SMILES string of the molecule is CO/N=C1\C[C@@H]([C@H](C)C[C@@H]2CC[C@@H](OC(=O)CC[C@H](NC(=O)OC(C)(C)C)C(=O)OC(C)(C)C)[C@H](OC)C2)OC(=O)[C@@H]2CCCCN2C(=O)C(=O)[C@]2(O)O[C@@H](CC[C@H]2C)C[C@H](OC)/C(C)=C/C=C/C=C/[C@@H](C)C[C@@H](C)C(=O)[C@H](OC)[C@H](O)/C(C)=C/[C@H]1C. The molecule has 3 fully saturated rings. The second kappa shape index (κ2) is 34.0. The van der Waals surface area contributed by atoms with Crippen molar-refractivity contribution in [1.82, 2.24) is 10.2 Å². The number of carbonyl (C=O) groups is 7. The summed E-state index contributed by atoms with van der Waals surface area (Å²) in [6.45, 7) is 23.1. The summed E-state index contributed by atoms with van der Waals surface area (Å²) in [5.74, 6) is -9.21. The zero-order valence-electron chi connectivity index (χ0n) is 55.1. The van der Waals surface area contributed by atoms with Crippen molar-refractivity contribution in [3.05, 3.63) is 47.6 Å². The van der Waals surface area contributed by atoms with Crippen molar-refractivity contribution in [2.24, 2.45) is 40.7 Å². The summed E-state index contributed by atoms with van der Waals surface area (Å²) >= 11 is 0. The summed E-state index contributed by atoms with van der Waals surface area (Å²) in [5, 5.41) is 30.9. The van der Waals surface area contributed by atoms with Crippen LogP contribution >= 0.6 is 0 Å². The van der Waals surface area contributed by atoms with Gasteiger partial charge in [0, 0.05) is 64.9 Å². The Morgan fingerprint density at radius 2 is 1.52 bits per heavy atom. The predicted molar refractivity (Wildman–Crippen MR) is 327 cm³/mol. The highest BCUT2D eigenvalue weighted by Crippen LogP contribution is 2.38. The first kappa shape index (κ1) is 74.1. The summed E-state index contributed by atoms with van der Waals surface area (Å²) in [6.07, 6.45) is 9.37. The van der Waals surface area contributed by atoms with Gasteiger partial charge in [-0.3, -0.25) is 19.2 Å². The van der Waals surface area contributed by atoms with Crippen molar-refractivity contribution in [3.8, 4) is 0 Å². The molecule has 3 N–H and O–H groups in total. The number of Topliss-reactive ketones (excluding diaryl/α,β-unsaturated/α-hetero) is 2. The molecule has 492 valence electrons. The molecule has 2 bridgehead atoms. The van der Waals surface area contributed by atoms with E-state index < -0.39 is 131 Å². The number of hydrogen-bond donors (Lipinski definition) is 3. The lowest BCUT2D eigenvalue weighted by Crippen LogP contribution is -2.61. The lowest BCUT2D eigenvalue weighted by molar-refractivity contribution is -0.265. The fraction of sp³-hybridized carbons (Fsp3) is 0.758. The third-order valence-corrected chi connectivity index (χ3v) is 17.0. The first-order chi connectivity index (χ1) is 40.7. The number of amides is 2. The van der Waals surface area contributed by atoms with Crippen LogP contribution in [0.15, 0.2) is 52.8 Å². The Kier molecular flexibility index (Phi) is 29.0. The van der Waals surface area contributed by atoms with E-state index in [1.807, 2.05) is 65.0 Å².